The van der Waals surface area contributed by atoms with Crippen molar-refractivity contribution < 1.29 is 9.53 Å². The zero-order valence-electron chi connectivity index (χ0n) is 14.8. The van der Waals surface area contributed by atoms with E-state index < -0.39 is 0 Å². The van der Waals surface area contributed by atoms with Crippen LogP contribution in [-0.4, -0.2) is 18.6 Å². The van der Waals surface area contributed by atoms with E-state index in [2.05, 4.69) is 28.8 Å². The number of benzene rings is 2. The van der Waals surface area contributed by atoms with E-state index in [1.807, 2.05) is 52.0 Å². The van der Waals surface area contributed by atoms with Gasteiger partial charge in [-0.2, -0.15) is 0 Å². The van der Waals surface area contributed by atoms with E-state index in [1.165, 1.54) is 5.56 Å². The Morgan fingerprint density at radius 3 is 2.46 bits per heavy atom. The smallest absolute Gasteiger partial charge is 0.239 e. The molecule has 2 rings (SSSR count). The molecule has 0 unspecified atom stereocenters. The van der Waals surface area contributed by atoms with E-state index >= 15 is 0 Å². The molecule has 24 heavy (non-hydrogen) atoms. The standard InChI is InChI=1S/C20H26N2O2/c1-14(2)24-18-9-7-17(8-10-18)12-22-20(23)13-21-19-11-15(3)5-6-16(19)4/h5-11,14,21H,12-13H2,1-4H3,(H,22,23). The number of carbonyl (C=O) groups is 1. The molecule has 0 saturated heterocycles. The second-order valence-corrected chi connectivity index (χ2v) is 6.26. The summed E-state index contributed by atoms with van der Waals surface area (Å²) in [5.74, 6) is 0.815. The fraction of sp³-hybridized carbons (Fsp3) is 0.350. The summed E-state index contributed by atoms with van der Waals surface area (Å²) in [5.41, 5.74) is 4.35. The molecule has 0 radical (unpaired) electrons. The Morgan fingerprint density at radius 1 is 1.08 bits per heavy atom. The molecule has 0 aliphatic rings. The van der Waals surface area contributed by atoms with Gasteiger partial charge >= 0.3 is 0 Å². The average Bonchev–Trinajstić information content (AvgIpc) is 2.54. The van der Waals surface area contributed by atoms with Gasteiger partial charge in [0.2, 0.25) is 5.91 Å². The van der Waals surface area contributed by atoms with Gasteiger partial charge in [0, 0.05) is 12.2 Å². The molecule has 0 heterocycles. The van der Waals surface area contributed by atoms with Gasteiger partial charge in [-0.05, 0) is 62.6 Å². The largest absolute Gasteiger partial charge is 0.491 e. The number of carbonyl (C=O) groups excluding carboxylic acids is 1. The van der Waals surface area contributed by atoms with Crippen LogP contribution in [-0.2, 0) is 11.3 Å². The first-order valence-electron chi connectivity index (χ1n) is 8.27. The summed E-state index contributed by atoms with van der Waals surface area (Å²) in [6, 6.07) is 14.0. The summed E-state index contributed by atoms with van der Waals surface area (Å²) in [4.78, 5) is 12.0. The second-order valence-electron chi connectivity index (χ2n) is 6.26. The lowest BCUT2D eigenvalue weighted by Crippen LogP contribution is -2.29. The van der Waals surface area contributed by atoms with E-state index in [1.54, 1.807) is 0 Å². The van der Waals surface area contributed by atoms with Crippen molar-refractivity contribution in [3.63, 3.8) is 0 Å². The molecule has 0 aliphatic heterocycles. The zero-order valence-corrected chi connectivity index (χ0v) is 14.8. The van der Waals surface area contributed by atoms with Crippen molar-refractivity contribution in [2.45, 2.75) is 40.3 Å². The van der Waals surface area contributed by atoms with Gasteiger partial charge in [0.1, 0.15) is 5.75 Å². The maximum atomic E-state index is 12.0. The van der Waals surface area contributed by atoms with Crippen LogP contribution in [0.15, 0.2) is 42.5 Å². The molecule has 0 fully saturated rings. The number of amides is 1. The molecule has 0 atom stereocenters. The van der Waals surface area contributed by atoms with Crippen LogP contribution >= 0.6 is 0 Å². The van der Waals surface area contributed by atoms with Crippen molar-refractivity contribution >= 4 is 11.6 Å². The number of nitrogens with one attached hydrogen (secondary N) is 2. The van der Waals surface area contributed by atoms with Gasteiger partial charge in [-0.3, -0.25) is 4.79 Å². The summed E-state index contributed by atoms with van der Waals surface area (Å²) >= 11 is 0. The van der Waals surface area contributed by atoms with Gasteiger partial charge < -0.3 is 15.4 Å². The molecule has 2 aromatic carbocycles. The Kier molecular flexibility index (Phi) is 6.24. The number of ether oxygens (including phenoxy) is 1. The maximum Gasteiger partial charge on any atom is 0.239 e. The number of anilines is 1. The van der Waals surface area contributed by atoms with E-state index in [9.17, 15) is 4.79 Å². The van der Waals surface area contributed by atoms with Crippen molar-refractivity contribution in [3.05, 3.63) is 59.2 Å². The molecule has 2 N–H and O–H groups in total. The summed E-state index contributed by atoms with van der Waals surface area (Å²) < 4.78 is 5.61. The highest BCUT2D eigenvalue weighted by molar-refractivity contribution is 5.81. The third-order valence-electron chi connectivity index (χ3n) is 3.62. The predicted molar refractivity (Wildman–Crippen MR) is 98.5 cm³/mol. The number of hydrogen-bond acceptors (Lipinski definition) is 3. The molecular weight excluding hydrogens is 300 g/mol. The zero-order chi connectivity index (χ0) is 17.5. The van der Waals surface area contributed by atoms with Gasteiger partial charge in [0.15, 0.2) is 0 Å². The van der Waals surface area contributed by atoms with Crippen LogP contribution in [0.5, 0.6) is 5.75 Å². The molecule has 2 aromatic rings. The second kappa shape index (κ2) is 8.39. The fourth-order valence-corrected chi connectivity index (χ4v) is 2.32. The first-order valence-corrected chi connectivity index (χ1v) is 8.27. The Hall–Kier alpha value is -2.49. The Bertz CT molecular complexity index is 679. The lowest BCUT2D eigenvalue weighted by molar-refractivity contribution is -0.119. The van der Waals surface area contributed by atoms with E-state index in [0.717, 1.165) is 22.6 Å². The lowest BCUT2D eigenvalue weighted by atomic mass is 10.1. The molecule has 0 saturated carbocycles. The molecule has 0 bridgehead atoms. The molecule has 128 valence electrons. The predicted octanol–water partition coefficient (Wildman–Crippen LogP) is 3.82. The van der Waals surface area contributed by atoms with E-state index in [4.69, 9.17) is 4.74 Å². The minimum absolute atomic E-state index is 0.0292. The summed E-state index contributed by atoms with van der Waals surface area (Å²) in [6.07, 6.45) is 0.159. The van der Waals surface area contributed by atoms with Crippen LogP contribution in [0.3, 0.4) is 0 Å². The van der Waals surface area contributed by atoms with Crippen LogP contribution in [0.25, 0.3) is 0 Å². The van der Waals surface area contributed by atoms with Gasteiger partial charge in [-0.25, -0.2) is 0 Å². The molecule has 4 nitrogen and oxygen atoms in total. The van der Waals surface area contributed by atoms with Crippen molar-refractivity contribution in [1.29, 1.82) is 0 Å². The number of rotatable bonds is 7. The fourth-order valence-electron chi connectivity index (χ4n) is 2.32. The molecule has 4 heteroatoms. The first kappa shape index (κ1) is 17.9. The molecule has 0 aliphatic carbocycles. The number of hydrogen-bond donors (Lipinski definition) is 2. The van der Waals surface area contributed by atoms with Gasteiger partial charge in [0.25, 0.3) is 0 Å². The van der Waals surface area contributed by atoms with Crippen LogP contribution in [0, 0.1) is 13.8 Å². The lowest BCUT2D eigenvalue weighted by Gasteiger charge is -2.12. The topological polar surface area (TPSA) is 50.4 Å². The van der Waals surface area contributed by atoms with Crippen LogP contribution in [0.1, 0.15) is 30.5 Å². The van der Waals surface area contributed by atoms with Crippen molar-refractivity contribution in [2.24, 2.45) is 0 Å². The molecule has 0 aromatic heterocycles. The third kappa shape index (κ3) is 5.61. The minimum Gasteiger partial charge on any atom is -0.491 e. The third-order valence-corrected chi connectivity index (χ3v) is 3.62. The van der Waals surface area contributed by atoms with E-state index in [0.29, 0.717) is 6.54 Å². The molecule has 0 spiro atoms. The Balaban J connectivity index is 1.79. The Labute approximate surface area is 144 Å². The van der Waals surface area contributed by atoms with Crippen molar-refractivity contribution in [1.82, 2.24) is 5.32 Å². The maximum absolute atomic E-state index is 12.0. The first-order chi connectivity index (χ1) is 11.4. The summed E-state index contributed by atoms with van der Waals surface area (Å²) in [6.45, 7) is 8.83. The normalized spacial score (nSPS) is 10.5. The monoisotopic (exact) mass is 326 g/mol. The highest BCUT2D eigenvalue weighted by Gasteiger charge is 2.04. The van der Waals surface area contributed by atoms with Gasteiger partial charge in [-0.15, -0.1) is 0 Å². The Morgan fingerprint density at radius 2 is 1.79 bits per heavy atom. The highest BCUT2D eigenvalue weighted by atomic mass is 16.5. The molecular formula is C20H26N2O2. The summed E-state index contributed by atoms with van der Waals surface area (Å²) in [5, 5.41) is 6.11. The average molecular weight is 326 g/mol. The highest BCUT2D eigenvalue weighted by Crippen LogP contribution is 2.16. The van der Waals surface area contributed by atoms with Crippen LogP contribution < -0.4 is 15.4 Å². The minimum atomic E-state index is -0.0292. The van der Waals surface area contributed by atoms with Gasteiger partial charge in [-0.1, -0.05) is 24.3 Å². The molecule has 1 amide bonds. The SMILES string of the molecule is Cc1ccc(C)c(NCC(=O)NCc2ccc(OC(C)C)cc2)c1. The summed E-state index contributed by atoms with van der Waals surface area (Å²) in [7, 11) is 0. The van der Waals surface area contributed by atoms with E-state index in [-0.39, 0.29) is 18.6 Å². The van der Waals surface area contributed by atoms with Crippen molar-refractivity contribution in [3.8, 4) is 5.75 Å². The van der Waals surface area contributed by atoms with Crippen LogP contribution in [0.2, 0.25) is 0 Å². The van der Waals surface area contributed by atoms with Crippen molar-refractivity contribution in [2.75, 3.05) is 11.9 Å². The quantitative estimate of drug-likeness (QED) is 0.813. The number of aryl methyl sites for hydroxylation is 2. The van der Waals surface area contributed by atoms with Gasteiger partial charge in [0.05, 0.1) is 12.6 Å². The van der Waals surface area contributed by atoms with Crippen LogP contribution in [0.4, 0.5) is 5.69 Å².